The van der Waals surface area contributed by atoms with Crippen LogP contribution in [0.15, 0.2) is 30.3 Å². The van der Waals surface area contributed by atoms with Crippen molar-refractivity contribution in [3.05, 3.63) is 47.0 Å². The molecule has 0 aliphatic rings. The van der Waals surface area contributed by atoms with Crippen molar-refractivity contribution in [2.45, 2.75) is 0 Å². The van der Waals surface area contributed by atoms with Crippen LogP contribution in [-0.4, -0.2) is 11.1 Å². The van der Waals surface area contributed by atoms with Crippen LogP contribution in [-0.2, 0) is 0 Å². The Balaban J connectivity index is 3.03. The molecule has 4 heteroatoms. The monoisotopic (exact) mass is 222 g/mol. The van der Waals surface area contributed by atoms with E-state index in [4.69, 9.17) is 15.6 Å². The Morgan fingerprint density at radius 2 is 1.76 bits per heavy atom. The van der Waals surface area contributed by atoms with Crippen LogP contribution in [0.3, 0.4) is 0 Å². The molecule has 0 amide bonds. The van der Waals surface area contributed by atoms with Gasteiger partial charge >= 0.3 is 5.97 Å². The number of hydrogen-bond donors (Lipinski definition) is 1. The Morgan fingerprint density at radius 1 is 1.06 bits per heavy atom. The fourth-order valence-corrected chi connectivity index (χ4v) is 1.78. The molecule has 80 valence electrons. The first-order valence-electron chi connectivity index (χ1n) is 4.78. The molecule has 0 aliphatic carbocycles. The summed E-state index contributed by atoms with van der Waals surface area (Å²) in [5.74, 6) is -1.11. The highest BCUT2D eigenvalue weighted by molar-refractivity contribution is 6.07. The molecule has 17 heavy (non-hydrogen) atoms. The first-order chi connectivity index (χ1) is 8.19. The molecule has 2 aromatic carbocycles. The van der Waals surface area contributed by atoms with Crippen molar-refractivity contribution in [2.75, 3.05) is 0 Å². The maximum atomic E-state index is 11.1. The van der Waals surface area contributed by atoms with E-state index in [2.05, 4.69) is 0 Å². The summed E-state index contributed by atoms with van der Waals surface area (Å²) in [5.41, 5.74) is 0.662. The lowest BCUT2D eigenvalue weighted by molar-refractivity contribution is 0.0699. The van der Waals surface area contributed by atoms with Gasteiger partial charge in [0.2, 0.25) is 0 Å². The third-order valence-corrected chi connectivity index (χ3v) is 2.51. The van der Waals surface area contributed by atoms with E-state index in [-0.39, 0.29) is 11.1 Å². The molecule has 0 fully saturated rings. The van der Waals surface area contributed by atoms with Crippen molar-refractivity contribution in [3.63, 3.8) is 0 Å². The summed E-state index contributed by atoms with van der Waals surface area (Å²) in [4.78, 5) is 11.1. The molecular weight excluding hydrogens is 216 g/mol. The number of benzene rings is 2. The lowest BCUT2D eigenvalue weighted by atomic mass is 9.96. The zero-order valence-electron chi connectivity index (χ0n) is 8.64. The minimum atomic E-state index is -1.11. The van der Waals surface area contributed by atoms with Gasteiger partial charge in [-0.05, 0) is 18.2 Å². The highest BCUT2D eigenvalue weighted by Gasteiger charge is 2.14. The zero-order chi connectivity index (χ0) is 12.4. The number of nitrogens with zero attached hydrogens (tertiary/aromatic N) is 2. The van der Waals surface area contributed by atoms with Gasteiger partial charge in [0.05, 0.1) is 28.8 Å². The molecule has 2 aromatic rings. The van der Waals surface area contributed by atoms with Crippen molar-refractivity contribution < 1.29 is 9.90 Å². The van der Waals surface area contributed by atoms with Gasteiger partial charge in [-0.1, -0.05) is 12.1 Å². The molecule has 0 radical (unpaired) electrons. The van der Waals surface area contributed by atoms with E-state index in [9.17, 15) is 4.79 Å². The van der Waals surface area contributed by atoms with Crippen molar-refractivity contribution in [2.24, 2.45) is 0 Å². The predicted molar refractivity (Wildman–Crippen MR) is 60.3 cm³/mol. The van der Waals surface area contributed by atoms with Crippen molar-refractivity contribution in [1.82, 2.24) is 0 Å². The van der Waals surface area contributed by atoms with Crippen LogP contribution in [0.4, 0.5) is 0 Å². The molecule has 0 aliphatic heterocycles. The Kier molecular flexibility index (Phi) is 2.48. The van der Waals surface area contributed by atoms with Gasteiger partial charge in [0.1, 0.15) is 0 Å². The average molecular weight is 222 g/mol. The Morgan fingerprint density at radius 3 is 2.35 bits per heavy atom. The minimum absolute atomic E-state index is 0.0381. The third-order valence-electron chi connectivity index (χ3n) is 2.51. The summed E-state index contributed by atoms with van der Waals surface area (Å²) >= 11 is 0. The van der Waals surface area contributed by atoms with Crippen LogP contribution in [0.25, 0.3) is 10.8 Å². The molecule has 0 saturated heterocycles. The zero-order valence-corrected chi connectivity index (χ0v) is 8.64. The Labute approximate surface area is 96.9 Å². The summed E-state index contributed by atoms with van der Waals surface area (Å²) in [5, 5.41) is 27.8. The van der Waals surface area contributed by atoms with E-state index in [1.54, 1.807) is 12.1 Å². The number of aromatic carboxylic acids is 1. The van der Waals surface area contributed by atoms with Crippen LogP contribution < -0.4 is 0 Å². The van der Waals surface area contributed by atoms with E-state index in [1.807, 2.05) is 12.1 Å². The Hall–Kier alpha value is -2.85. The first kappa shape index (κ1) is 10.7. The number of hydrogen-bond acceptors (Lipinski definition) is 3. The fourth-order valence-electron chi connectivity index (χ4n) is 1.78. The van der Waals surface area contributed by atoms with Gasteiger partial charge in [0, 0.05) is 10.8 Å². The predicted octanol–water partition coefficient (Wildman–Crippen LogP) is 2.28. The van der Waals surface area contributed by atoms with Crippen molar-refractivity contribution in [3.8, 4) is 12.1 Å². The molecule has 4 nitrogen and oxygen atoms in total. The van der Waals surface area contributed by atoms with Gasteiger partial charge in [-0.2, -0.15) is 10.5 Å². The van der Waals surface area contributed by atoms with E-state index in [0.717, 1.165) is 0 Å². The summed E-state index contributed by atoms with van der Waals surface area (Å²) in [6.45, 7) is 0. The van der Waals surface area contributed by atoms with Gasteiger partial charge in [0.25, 0.3) is 0 Å². The van der Waals surface area contributed by atoms with Gasteiger partial charge in [0.15, 0.2) is 0 Å². The van der Waals surface area contributed by atoms with Crippen LogP contribution >= 0.6 is 0 Å². The maximum Gasteiger partial charge on any atom is 0.336 e. The van der Waals surface area contributed by atoms with Gasteiger partial charge < -0.3 is 5.11 Å². The molecule has 0 unspecified atom stereocenters. The highest BCUT2D eigenvalue weighted by Crippen LogP contribution is 2.25. The molecule has 1 N–H and O–H groups in total. The second kappa shape index (κ2) is 3.96. The Bertz CT molecular complexity index is 706. The van der Waals surface area contributed by atoms with E-state index >= 15 is 0 Å². The molecule has 0 bridgehead atoms. The van der Waals surface area contributed by atoms with Gasteiger partial charge in [-0.15, -0.1) is 0 Å². The SMILES string of the molecule is N#Cc1ccc(C(=O)O)c2c(C#N)cccc12. The van der Waals surface area contributed by atoms with E-state index in [1.165, 1.54) is 18.2 Å². The summed E-state index contributed by atoms with van der Waals surface area (Å²) in [6.07, 6.45) is 0. The van der Waals surface area contributed by atoms with E-state index < -0.39 is 5.97 Å². The quantitative estimate of drug-likeness (QED) is 0.802. The number of carbonyl (C=O) groups is 1. The third kappa shape index (κ3) is 1.58. The number of rotatable bonds is 1. The lowest BCUT2D eigenvalue weighted by Crippen LogP contribution is -2.00. The number of carboxylic acid groups (broad SMARTS) is 1. The largest absolute Gasteiger partial charge is 0.478 e. The summed E-state index contributed by atoms with van der Waals surface area (Å²) in [7, 11) is 0. The van der Waals surface area contributed by atoms with Crippen LogP contribution in [0.5, 0.6) is 0 Å². The molecule has 0 spiro atoms. The maximum absolute atomic E-state index is 11.1. The normalized spacial score (nSPS) is 9.53. The molecular formula is C13H6N2O2. The first-order valence-corrected chi connectivity index (χ1v) is 4.78. The summed E-state index contributed by atoms with van der Waals surface area (Å²) < 4.78 is 0. The second-order valence-corrected chi connectivity index (χ2v) is 3.42. The minimum Gasteiger partial charge on any atom is -0.478 e. The fraction of sp³-hybridized carbons (Fsp3) is 0. The standard InChI is InChI=1S/C13H6N2O2/c14-6-8-4-5-11(13(16)17)12-9(7-15)2-1-3-10(8)12/h1-5H,(H,16,17). The van der Waals surface area contributed by atoms with Gasteiger partial charge in [-0.3, -0.25) is 0 Å². The molecule has 0 aromatic heterocycles. The van der Waals surface area contributed by atoms with Gasteiger partial charge in [-0.25, -0.2) is 4.79 Å². The van der Waals surface area contributed by atoms with Crippen molar-refractivity contribution >= 4 is 16.7 Å². The molecule has 0 atom stereocenters. The average Bonchev–Trinajstić information content (AvgIpc) is 2.36. The molecule has 2 rings (SSSR count). The smallest absolute Gasteiger partial charge is 0.336 e. The number of carboxylic acids is 1. The van der Waals surface area contributed by atoms with Crippen molar-refractivity contribution in [1.29, 1.82) is 10.5 Å². The lowest BCUT2D eigenvalue weighted by Gasteiger charge is -2.05. The topological polar surface area (TPSA) is 84.9 Å². The van der Waals surface area contributed by atoms with Crippen LogP contribution in [0.2, 0.25) is 0 Å². The summed E-state index contributed by atoms with van der Waals surface area (Å²) in [6, 6.07) is 11.5. The number of fused-ring (bicyclic) bond motifs is 1. The molecule has 0 heterocycles. The van der Waals surface area contributed by atoms with Crippen LogP contribution in [0, 0.1) is 22.7 Å². The number of nitriles is 2. The van der Waals surface area contributed by atoms with Crippen LogP contribution in [0.1, 0.15) is 21.5 Å². The van der Waals surface area contributed by atoms with E-state index in [0.29, 0.717) is 16.3 Å². The second-order valence-electron chi connectivity index (χ2n) is 3.42. The highest BCUT2D eigenvalue weighted by atomic mass is 16.4. The molecule has 0 saturated carbocycles.